The predicted octanol–water partition coefficient (Wildman–Crippen LogP) is 19.5. The highest BCUT2D eigenvalue weighted by molar-refractivity contribution is 5.70. The molecular weight excluding hydrogens is 849 g/mol. The van der Waals surface area contributed by atoms with Gasteiger partial charge in [0.1, 0.15) is 6.61 Å². The van der Waals surface area contributed by atoms with Crippen LogP contribution in [0.15, 0.2) is 122 Å². The van der Waals surface area contributed by atoms with E-state index < -0.39 is 6.10 Å². The molecule has 1 unspecified atom stereocenters. The molecule has 0 heterocycles. The van der Waals surface area contributed by atoms with E-state index in [-0.39, 0.29) is 25.2 Å². The number of rotatable bonds is 51. The molecule has 0 spiro atoms. The van der Waals surface area contributed by atoms with E-state index in [4.69, 9.17) is 9.47 Å². The highest BCUT2D eigenvalue weighted by Crippen LogP contribution is 2.15. The van der Waals surface area contributed by atoms with Gasteiger partial charge in [-0.15, -0.1) is 0 Å². The molecule has 0 aliphatic rings. The largest absolute Gasteiger partial charge is 0.462 e. The molecule has 0 aromatic heterocycles. The summed E-state index contributed by atoms with van der Waals surface area (Å²) >= 11 is 0. The molecule has 392 valence electrons. The highest BCUT2D eigenvalue weighted by atomic mass is 16.6. The summed E-state index contributed by atoms with van der Waals surface area (Å²) in [6.07, 6.45) is 86.0. The minimum Gasteiger partial charge on any atom is -0.462 e. The Kier molecular flexibility index (Phi) is 55.5. The molecule has 0 aromatic carbocycles. The predicted molar refractivity (Wildman–Crippen MR) is 302 cm³/mol. The Morgan fingerprint density at radius 1 is 0.348 bits per heavy atom. The van der Waals surface area contributed by atoms with Gasteiger partial charge in [0, 0.05) is 12.8 Å². The lowest BCUT2D eigenvalue weighted by Gasteiger charge is -2.15. The van der Waals surface area contributed by atoms with Gasteiger partial charge in [-0.05, 0) is 109 Å². The lowest BCUT2D eigenvalue weighted by atomic mass is 10.0. The van der Waals surface area contributed by atoms with E-state index in [9.17, 15) is 14.7 Å². The van der Waals surface area contributed by atoms with Crippen LogP contribution in [-0.2, 0) is 19.1 Å². The zero-order chi connectivity index (χ0) is 49.9. The first-order valence-corrected chi connectivity index (χ1v) is 28.6. The number of hydrogen-bond donors (Lipinski definition) is 1. The van der Waals surface area contributed by atoms with Crippen LogP contribution in [0, 0.1) is 0 Å². The summed E-state index contributed by atoms with van der Waals surface area (Å²) < 4.78 is 10.7. The molecule has 0 fully saturated rings. The number of esters is 2. The molecular formula is C64H106O5. The molecule has 0 saturated heterocycles. The summed E-state index contributed by atoms with van der Waals surface area (Å²) in [6, 6.07) is 0. The molecule has 0 bridgehead atoms. The van der Waals surface area contributed by atoms with E-state index >= 15 is 0 Å². The van der Waals surface area contributed by atoms with Crippen molar-refractivity contribution in [1.82, 2.24) is 0 Å². The lowest BCUT2D eigenvalue weighted by Crippen LogP contribution is -2.28. The van der Waals surface area contributed by atoms with Gasteiger partial charge in [-0.25, -0.2) is 0 Å². The molecule has 69 heavy (non-hydrogen) atoms. The lowest BCUT2D eigenvalue weighted by molar-refractivity contribution is -0.161. The van der Waals surface area contributed by atoms with Gasteiger partial charge in [0.15, 0.2) is 6.10 Å². The molecule has 1 atom stereocenters. The van der Waals surface area contributed by atoms with Crippen LogP contribution in [0.3, 0.4) is 0 Å². The number of hydrogen-bond acceptors (Lipinski definition) is 5. The summed E-state index contributed by atoms with van der Waals surface area (Å²) in [5.41, 5.74) is 0. The van der Waals surface area contributed by atoms with Crippen molar-refractivity contribution in [2.45, 2.75) is 258 Å². The van der Waals surface area contributed by atoms with Crippen molar-refractivity contribution in [3.8, 4) is 0 Å². The minimum absolute atomic E-state index is 0.0740. The summed E-state index contributed by atoms with van der Waals surface area (Å²) in [5, 5.41) is 9.63. The first-order valence-electron chi connectivity index (χ1n) is 28.6. The first kappa shape index (κ1) is 65.3. The zero-order valence-electron chi connectivity index (χ0n) is 44.8. The fourth-order valence-corrected chi connectivity index (χ4v) is 7.72. The summed E-state index contributed by atoms with van der Waals surface area (Å²) in [4.78, 5) is 24.4. The van der Waals surface area contributed by atoms with E-state index in [1.54, 1.807) is 0 Å². The van der Waals surface area contributed by atoms with E-state index in [0.29, 0.717) is 12.8 Å². The zero-order valence-corrected chi connectivity index (χ0v) is 44.8. The Balaban J connectivity index is 3.54. The van der Waals surface area contributed by atoms with Crippen molar-refractivity contribution in [3.05, 3.63) is 122 Å². The number of unbranched alkanes of at least 4 members (excludes halogenated alkanes) is 23. The third-order valence-electron chi connectivity index (χ3n) is 12.0. The van der Waals surface area contributed by atoms with Crippen LogP contribution >= 0.6 is 0 Å². The molecule has 0 radical (unpaired) electrons. The maximum atomic E-state index is 12.3. The van der Waals surface area contributed by atoms with Crippen LogP contribution in [0.4, 0.5) is 0 Å². The van der Waals surface area contributed by atoms with Gasteiger partial charge < -0.3 is 14.6 Å². The number of ether oxygens (including phenoxy) is 2. The van der Waals surface area contributed by atoms with Gasteiger partial charge in [0.25, 0.3) is 0 Å². The molecule has 0 saturated carbocycles. The van der Waals surface area contributed by atoms with Gasteiger partial charge in [-0.2, -0.15) is 0 Å². The van der Waals surface area contributed by atoms with Crippen LogP contribution in [-0.4, -0.2) is 36.4 Å². The van der Waals surface area contributed by atoms with E-state index in [0.717, 1.165) is 103 Å². The Hall–Kier alpha value is -3.70. The third kappa shape index (κ3) is 56.8. The number of aliphatic hydroxyl groups is 1. The molecule has 5 nitrogen and oxygen atoms in total. The molecule has 0 rings (SSSR count). The summed E-state index contributed by atoms with van der Waals surface area (Å²) in [5.74, 6) is -0.603. The van der Waals surface area contributed by atoms with Crippen molar-refractivity contribution in [1.29, 1.82) is 0 Å². The fraction of sp³-hybridized carbons (Fsp3) is 0.656. The Labute approximate surface area is 426 Å². The van der Waals surface area contributed by atoms with Crippen molar-refractivity contribution in [3.63, 3.8) is 0 Å². The van der Waals surface area contributed by atoms with E-state index in [1.165, 1.54) is 122 Å². The smallest absolute Gasteiger partial charge is 0.306 e. The topological polar surface area (TPSA) is 72.8 Å². The summed E-state index contributed by atoms with van der Waals surface area (Å²) in [6.45, 7) is 4.01. The molecule has 0 aliphatic carbocycles. The van der Waals surface area contributed by atoms with Crippen LogP contribution in [0.1, 0.15) is 251 Å². The molecule has 0 aromatic rings. The van der Waals surface area contributed by atoms with Crippen molar-refractivity contribution in [2.75, 3.05) is 13.2 Å². The monoisotopic (exact) mass is 955 g/mol. The number of aliphatic hydroxyl groups excluding tert-OH is 1. The van der Waals surface area contributed by atoms with Gasteiger partial charge in [-0.1, -0.05) is 251 Å². The average Bonchev–Trinajstić information content (AvgIpc) is 3.35. The van der Waals surface area contributed by atoms with Crippen molar-refractivity contribution < 1.29 is 24.2 Å². The minimum atomic E-state index is -0.781. The third-order valence-corrected chi connectivity index (χ3v) is 12.0. The van der Waals surface area contributed by atoms with Crippen molar-refractivity contribution >= 4 is 11.9 Å². The molecule has 0 amide bonds. The normalized spacial score (nSPS) is 13.1. The average molecular weight is 956 g/mol. The second-order valence-electron chi connectivity index (χ2n) is 18.6. The second kappa shape index (κ2) is 58.6. The maximum Gasteiger partial charge on any atom is 0.306 e. The van der Waals surface area contributed by atoms with Gasteiger partial charge in [0.2, 0.25) is 0 Å². The van der Waals surface area contributed by atoms with Crippen LogP contribution in [0.25, 0.3) is 0 Å². The number of carbonyl (C=O) groups excluding carboxylic acids is 2. The Bertz CT molecular complexity index is 1400. The summed E-state index contributed by atoms with van der Waals surface area (Å²) in [7, 11) is 0. The van der Waals surface area contributed by atoms with E-state index in [2.05, 4.69) is 135 Å². The highest BCUT2D eigenvalue weighted by Gasteiger charge is 2.16. The Morgan fingerprint density at radius 2 is 0.623 bits per heavy atom. The number of allylic oxidation sites excluding steroid dienone is 20. The van der Waals surface area contributed by atoms with Crippen molar-refractivity contribution in [2.24, 2.45) is 0 Å². The van der Waals surface area contributed by atoms with Gasteiger partial charge in [0.05, 0.1) is 6.61 Å². The molecule has 0 aliphatic heterocycles. The van der Waals surface area contributed by atoms with Crippen LogP contribution < -0.4 is 0 Å². The molecule has 1 N–H and O–H groups in total. The van der Waals surface area contributed by atoms with Crippen LogP contribution in [0.2, 0.25) is 0 Å². The quantitative estimate of drug-likeness (QED) is 0.0374. The second-order valence-corrected chi connectivity index (χ2v) is 18.6. The standard InChI is InChI=1S/C64H106O5/c1-3-5-7-9-11-13-15-17-19-20-21-22-23-24-25-26-27-28-29-30-31-32-33-34-35-36-37-38-39-40-41-42-43-44-45-47-49-51-53-55-57-59-64(67)69-62(60-65)61-68-63(66)58-56-54-52-50-48-46-18-16-14-12-10-8-6-4-2/h5,7,11,13,16-19,21-22,24-25,27-28,30-31,33-34,36-37,62,65H,3-4,6,8-10,12,14-15,20,23,26,29,32,35,38-61H2,1-2H3/b7-5-,13-11-,18-16-,19-17-,22-21-,25-24-,28-27-,31-30-,34-33-,37-36-. The first-order chi connectivity index (χ1) is 34.1. The SMILES string of the molecule is CC/C=C\C/C=C\C/C=C\C/C=C\C/C=C\C/C=C\C/C=C\C/C=C\C/C=C\CCCCCCCCCCCCCCCC(=O)OC(CO)COC(=O)CCCCCCC/C=C\CCCCCCC. The Morgan fingerprint density at radius 3 is 0.957 bits per heavy atom. The van der Waals surface area contributed by atoms with Gasteiger partial charge >= 0.3 is 11.9 Å². The number of carbonyl (C=O) groups is 2. The fourth-order valence-electron chi connectivity index (χ4n) is 7.72. The van der Waals surface area contributed by atoms with E-state index in [1.807, 2.05) is 0 Å². The molecule has 5 heteroatoms. The van der Waals surface area contributed by atoms with Gasteiger partial charge in [-0.3, -0.25) is 9.59 Å². The van der Waals surface area contributed by atoms with Crippen LogP contribution in [0.5, 0.6) is 0 Å². The maximum absolute atomic E-state index is 12.3.